The van der Waals surface area contributed by atoms with E-state index in [-0.39, 0.29) is 10.8 Å². The molecule has 1 heterocycles. The largest absolute Gasteiger partial charge is 0.345 e. The maximum atomic E-state index is 9.67. The Hall–Kier alpha value is -2.19. The van der Waals surface area contributed by atoms with Gasteiger partial charge in [-0.3, -0.25) is 0 Å². The van der Waals surface area contributed by atoms with Crippen molar-refractivity contribution in [3.63, 3.8) is 0 Å². The second kappa shape index (κ2) is 4.40. The van der Waals surface area contributed by atoms with Crippen LogP contribution >= 0.6 is 11.5 Å². The van der Waals surface area contributed by atoms with Crippen molar-refractivity contribution in [1.82, 2.24) is 4.37 Å². The quantitative estimate of drug-likeness (QED) is 0.834. The molecule has 0 radical (unpaired) electrons. The zero-order valence-corrected chi connectivity index (χ0v) is 13.1. The molecule has 22 heavy (non-hydrogen) atoms. The van der Waals surface area contributed by atoms with Crippen LogP contribution < -0.4 is 5.32 Å². The Morgan fingerprint density at radius 1 is 1.41 bits per heavy atom. The second-order valence-electron chi connectivity index (χ2n) is 6.38. The molecule has 110 valence electrons. The third-order valence-electron chi connectivity index (χ3n) is 5.02. The van der Waals surface area contributed by atoms with E-state index >= 15 is 0 Å². The van der Waals surface area contributed by atoms with Crippen LogP contribution in [0.25, 0.3) is 0 Å². The molecule has 1 spiro atoms. The van der Waals surface area contributed by atoms with E-state index in [0.29, 0.717) is 0 Å². The van der Waals surface area contributed by atoms with E-state index in [1.165, 1.54) is 30.6 Å². The molecule has 0 aliphatic heterocycles. The van der Waals surface area contributed by atoms with Gasteiger partial charge in [-0.1, -0.05) is 12.1 Å². The van der Waals surface area contributed by atoms with E-state index in [2.05, 4.69) is 15.8 Å². The summed E-state index contributed by atoms with van der Waals surface area (Å²) in [6, 6.07) is 10.5. The molecular weight excluding hydrogens is 292 g/mol. The summed E-state index contributed by atoms with van der Waals surface area (Å²) in [6.45, 7) is 1.96. The molecule has 5 heteroatoms. The first-order valence-electron chi connectivity index (χ1n) is 7.39. The van der Waals surface area contributed by atoms with Crippen LogP contribution in [0.4, 0.5) is 10.7 Å². The number of aryl methyl sites for hydroxylation is 1. The van der Waals surface area contributed by atoms with Gasteiger partial charge in [0.05, 0.1) is 17.2 Å². The molecule has 1 aromatic carbocycles. The van der Waals surface area contributed by atoms with E-state index in [9.17, 15) is 5.26 Å². The van der Waals surface area contributed by atoms with Gasteiger partial charge in [-0.2, -0.15) is 9.64 Å². The lowest BCUT2D eigenvalue weighted by atomic mass is 9.92. The molecule has 1 aromatic heterocycles. The van der Waals surface area contributed by atoms with E-state index in [1.54, 1.807) is 0 Å². The molecule has 0 amide bonds. The highest BCUT2D eigenvalue weighted by Gasteiger charge is 2.75. The van der Waals surface area contributed by atoms with Gasteiger partial charge < -0.3 is 10.7 Å². The van der Waals surface area contributed by atoms with E-state index in [1.807, 2.05) is 31.2 Å². The smallest absolute Gasteiger partial charge is 0.114 e. The lowest BCUT2D eigenvalue weighted by molar-refractivity contribution is 0.738. The Kier molecular flexibility index (Phi) is 2.70. The van der Waals surface area contributed by atoms with Gasteiger partial charge in [0, 0.05) is 17.5 Å². The van der Waals surface area contributed by atoms with Crippen molar-refractivity contribution in [1.29, 1.82) is 10.7 Å². The normalized spacial score (nSPS) is 23.8. The maximum Gasteiger partial charge on any atom is 0.114 e. The highest BCUT2D eigenvalue weighted by molar-refractivity contribution is 7.10. The van der Waals surface area contributed by atoms with Gasteiger partial charge in [0.1, 0.15) is 5.00 Å². The lowest BCUT2D eigenvalue weighted by Crippen LogP contribution is -2.08. The molecular formula is C17H16N4S. The standard InChI is InChI=1S/C17H16N4S/c1-11-6-15(22-21-11)20-14-7-13(3-2-12(14)8-18)17(10-19)9-16(17)4-5-16/h2-3,6-8,18,20H,4-5,9H2,1H3. The van der Waals surface area contributed by atoms with Crippen LogP contribution in [0.15, 0.2) is 24.3 Å². The van der Waals surface area contributed by atoms with Gasteiger partial charge in [0.15, 0.2) is 0 Å². The number of rotatable bonds is 4. The van der Waals surface area contributed by atoms with Gasteiger partial charge >= 0.3 is 0 Å². The van der Waals surface area contributed by atoms with E-state index in [4.69, 9.17) is 5.41 Å². The van der Waals surface area contributed by atoms with Crippen LogP contribution in [0.3, 0.4) is 0 Å². The zero-order valence-electron chi connectivity index (χ0n) is 12.3. The van der Waals surface area contributed by atoms with Gasteiger partial charge in [-0.15, -0.1) is 0 Å². The van der Waals surface area contributed by atoms with Gasteiger partial charge in [-0.05, 0) is 60.8 Å². The summed E-state index contributed by atoms with van der Waals surface area (Å²) in [5.74, 6) is 0. The summed E-state index contributed by atoms with van der Waals surface area (Å²) in [4.78, 5) is 0. The molecule has 2 N–H and O–H groups in total. The molecule has 0 bridgehead atoms. The number of nitrogens with one attached hydrogen (secondary N) is 2. The first kappa shape index (κ1) is 13.5. The summed E-state index contributed by atoms with van der Waals surface area (Å²) in [6.07, 6.45) is 4.67. The summed E-state index contributed by atoms with van der Waals surface area (Å²) in [5, 5.41) is 21.6. The summed E-state index contributed by atoms with van der Waals surface area (Å²) in [5.41, 5.74) is 3.73. The Labute approximate surface area is 133 Å². The first-order valence-corrected chi connectivity index (χ1v) is 8.16. The minimum atomic E-state index is -0.298. The number of hydrogen-bond acceptors (Lipinski definition) is 5. The van der Waals surface area contributed by atoms with Crippen LogP contribution in [0.1, 0.15) is 36.1 Å². The van der Waals surface area contributed by atoms with Crippen molar-refractivity contribution in [2.24, 2.45) is 5.41 Å². The summed E-state index contributed by atoms with van der Waals surface area (Å²) in [7, 11) is 0. The van der Waals surface area contributed by atoms with Crippen molar-refractivity contribution >= 4 is 28.4 Å². The molecule has 1 atom stereocenters. The molecule has 0 saturated heterocycles. The molecule has 4 nitrogen and oxygen atoms in total. The third kappa shape index (κ3) is 1.80. The molecule has 2 aromatic rings. The van der Waals surface area contributed by atoms with Crippen LogP contribution in [-0.2, 0) is 5.41 Å². The van der Waals surface area contributed by atoms with E-state index < -0.39 is 0 Å². The molecule has 2 aliphatic carbocycles. The van der Waals surface area contributed by atoms with Crippen LogP contribution in [0.2, 0.25) is 0 Å². The van der Waals surface area contributed by atoms with Crippen LogP contribution in [0.5, 0.6) is 0 Å². The minimum absolute atomic E-state index is 0.256. The van der Waals surface area contributed by atoms with Crippen molar-refractivity contribution in [2.75, 3.05) is 5.32 Å². The number of nitriles is 1. The third-order valence-corrected chi connectivity index (χ3v) is 5.81. The highest BCUT2D eigenvalue weighted by atomic mass is 32.1. The van der Waals surface area contributed by atoms with E-state index in [0.717, 1.165) is 33.9 Å². The molecule has 2 fully saturated rings. The maximum absolute atomic E-state index is 9.67. The molecule has 4 rings (SSSR count). The van der Waals surface area contributed by atoms with Gasteiger partial charge in [0.2, 0.25) is 0 Å². The van der Waals surface area contributed by atoms with Crippen molar-refractivity contribution < 1.29 is 0 Å². The Balaban J connectivity index is 1.72. The monoisotopic (exact) mass is 308 g/mol. The SMILES string of the molecule is Cc1cc(Nc2cc(C3(C#N)CC34CC4)ccc2C=N)sn1. The van der Waals surface area contributed by atoms with Crippen molar-refractivity contribution in [2.45, 2.75) is 31.6 Å². The minimum Gasteiger partial charge on any atom is -0.345 e. The summed E-state index contributed by atoms with van der Waals surface area (Å²) < 4.78 is 4.27. The Morgan fingerprint density at radius 2 is 2.23 bits per heavy atom. The van der Waals surface area contributed by atoms with Gasteiger partial charge in [0.25, 0.3) is 0 Å². The van der Waals surface area contributed by atoms with Crippen molar-refractivity contribution in [3.8, 4) is 6.07 Å². The number of anilines is 2. The molecule has 1 unspecified atom stereocenters. The average molecular weight is 308 g/mol. The van der Waals surface area contributed by atoms with Crippen molar-refractivity contribution in [3.05, 3.63) is 41.1 Å². The predicted octanol–water partition coefficient (Wildman–Crippen LogP) is 4.14. The second-order valence-corrected chi connectivity index (χ2v) is 7.18. The predicted molar refractivity (Wildman–Crippen MR) is 88.0 cm³/mol. The zero-order chi connectivity index (χ0) is 15.4. The Bertz CT molecular complexity index is 812. The molecule has 2 aliphatic rings. The Morgan fingerprint density at radius 3 is 2.77 bits per heavy atom. The fraction of sp³-hybridized carbons (Fsp3) is 0.353. The topological polar surface area (TPSA) is 72.6 Å². The fourth-order valence-electron chi connectivity index (χ4n) is 3.46. The van der Waals surface area contributed by atoms with Gasteiger partial charge in [-0.25, -0.2) is 0 Å². The van der Waals surface area contributed by atoms with Crippen LogP contribution in [-0.4, -0.2) is 10.6 Å². The number of hydrogen-bond donors (Lipinski definition) is 2. The van der Waals surface area contributed by atoms with Crippen LogP contribution in [0, 0.1) is 29.1 Å². The number of benzene rings is 1. The fourth-order valence-corrected chi connectivity index (χ4v) is 4.13. The molecule has 2 saturated carbocycles. The lowest BCUT2D eigenvalue weighted by Gasteiger charge is -2.13. The summed E-state index contributed by atoms with van der Waals surface area (Å²) >= 11 is 1.41. The number of nitrogens with zero attached hydrogens (tertiary/aromatic N) is 2. The highest BCUT2D eigenvalue weighted by Crippen LogP contribution is 2.78. The first-order chi connectivity index (χ1) is 10.6. The number of aromatic nitrogens is 1. The average Bonchev–Trinajstić information content (AvgIpc) is 3.40.